The third kappa shape index (κ3) is 6.08. The predicted molar refractivity (Wildman–Crippen MR) is 153 cm³/mol. The number of halogens is 4. The Balaban J connectivity index is 1.19. The minimum atomic E-state index is -0.372. The van der Waals surface area contributed by atoms with E-state index < -0.39 is 0 Å². The fraction of sp³-hybridized carbons (Fsp3) is 0.179. The van der Waals surface area contributed by atoms with Gasteiger partial charge in [0.05, 0.1) is 20.8 Å². The number of benzene rings is 3. The van der Waals surface area contributed by atoms with E-state index in [2.05, 4.69) is 21.2 Å². The van der Waals surface area contributed by atoms with E-state index in [1.165, 1.54) is 0 Å². The molecular formula is C28H23Cl4N3O2. The fourth-order valence-electron chi connectivity index (χ4n) is 4.31. The summed E-state index contributed by atoms with van der Waals surface area (Å²) >= 11 is 25.0. The lowest BCUT2D eigenvalue weighted by molar-refractivity contribution is 0.0997. The second-order valence-electron chi connectivity index (χ2n) is 8.77. The van der Waals surface area contributed by atoms with E-state index in [-0.39, 0.29) is 11.7 Å². The molecule has 0 saturated carbocycles. The maximum atomic E-state index is 12.8. The van der Waals surface area contributed by atoms with Crippen molar-refractivity contribution in [3.8, 4) is 11.3 Å². The standard InChI is InChI=1S/C28H23Cl4N3O2/c29-21-4-2-1-3-19(21)17-34-11-13-35(14-12-34)25-8-6-20(16-24(25)32)33-28(36)27-10-9-26(37-27)18-5-7-22(30)23(31)15-18/h1-10,15-16H,11-14,17H2,(H,33,36). The maximum Gasteiger partial charge on any atom is 0.291 e. The summed E-state index contributed by atoms with van der Waals surface area (Å²) in [5.74, 6) is 0.324. The highest BCUT2D eigenvalue weighted by Gasteiger charge is 2.20. The molecule has 0 radical (unpaired) electrons. The zero-order valence-corrected chi connectivity index (χ0v) is 22.7. The fourth-order valence-corrected chi connectivity index (χ4v) is 5.11. The number of hydrogen-bond acceptors (Lipinski definition) is 4. The van der Waals surface area contributed by atoms with Crippen LogP contribution in [0.5, 0.6) is 0 Å². The Hall–Kier alpha value is -2.67. The molecule has 1 aliphatic heterocycles. The number of hydrogen-bond donors (Lipinski definition) is 1. The molecule has 0 spiro atoms. The van der Waals surface area contributed by atoms with Crippen molar-refractivity contribution >= 4 is 63.7 Å². The van der Waals surface area contributed by atoms with E-state index in [0.717, 1.165) is 54.6 Å². The number of piperazine rings is 1. The molecule has 1 aliphatic rings. The van der Waals surface area contributed by atoms with Crippen molar-refractivity contribution in [2.75, 3.05) is 36.4 Å². The normalized spacial score (nSPS) is 14.1. The molecule has 1 aromatic heterocycles. The molecule has 9 heteroatoms. The van der Waals surface area contributed by atoms with E-state index in [9.17, 15) is 4.79 Å². The average Bonchev–Trinajstić information content (AvgIpc) is 3.39. The van der Waals surface area contributed by atoms with Crippen LogP contribution in [0.15, 0.2) is 77.2 Å². The summed E-state index contributed by atoms with van der Waals surface area (Å²) in [4.78, 5) is 17.4. The highest BCUT2D eigenvalue weighted by Crippen LogP contribution is 2.32. The number of nitrogens with one attached hydrogen (secondary N) is 1. The molecule has 0 unspecified atom stereocenters. The Bertz CT molecular complexity index is 1430. The molecule has 5 nitrogen and oxygen atoms in total. The molecule has 0 bridgehead atoms. The smallest absolute Gasteiger partial charge is 0.291 e. The van der Waals surface area contributed by atoms with Crippen molar-refractivity contribution in [2.45, 2.75) is 6.54 Å². The van der Waals surface area contributed by atoms with Gasteiger partial charge in [-0.05, 0) is 60.2 Å². The third-order valence-corrected chi connectivity index (χ3v) is 7.71. The lowest BCUT2D eigenvalue weighted by Crippen LogP contribution is -2.46. The second kappa shape index (κ2) is 11.4. The number of carbonyl (C=O) groups excluding carboxylic acids is 1. The van der Waals surface area contributed by atoms with E-state index >= 15 is 0 Å². The number of carbonyl (C=O) groups is 1. The van der Waals surface area contributed by atoms with Crippen LogP contribution >= 0.6 is 46.4 Å². The maximum absolute atomic E-state index is 12.8. The Morgan fingerprint density at radius 2 is 1.57 bits per heavy atom. The van der Waals surface area contributed by atoms with Crippen LogP contribution in [-0.4, -0.2) is 37.0 Å². The van der Waals surface area contributed by atoms with Crippen LogP contribution in [0, 0.1) is 0 Å². The molecule has 1 saturated heterocycles. The summed E-state index contributed by atoms with van der Waals surface area (Å²) in [7, 11) is 0. The lowest BCUT2D eigenvalue weighted by atomic mass is 10.2. The first-order valence-corrected chi connectivity index (χ1v) is 13.3. The minimum absolute atomic E-state index is 0.177. The molecule has 2 heterocycles. The van der Waals surface area contributed by atoms with Gasteiger partial charge in [-0.25, -0.2) is 0 Å². The molecular weight excluding hydrogens is 552 g/mol. The zero-order valence-electron chi connectivity index (χ0n) is 19.7. The molecule has 0 aliphatic carbocycles. The number of nitrogens with zero attached hydrogens (tertiary/aromatic N) is 2. The van der Waals surface area contributed by atoms with Gasteiger partial charge in [0.1, 0.15) is 5.76 Å². The summed E-state index contributed by atoms with van der Waals surface area (Å²) in [5, 5.41) is 5.09. The minimum Gasteiger partial charge on any atom is -0.451 e. The van der Waals surface area contributed by atoms with Crippen molar-refractivity contribution in [3.63, 3.8) is 0 Å². The Morgan fingerprint density at radius 3 is 2.30 bits per heavy atom. The van der Waals surface area contributed by atoms with Gasteiger partial charge in [0.25, 0.3) is 5.91 Å². The van der Waals surface area contributed by atoms with Crippen molar-refractivity contribution < 1.29 is 9.21 Å². The summed E-state index contributed by atoms with van der Waals surface area (Å²) < 4.78 is 5.74. The third-order valence-electron chi connectivity index (χ3n) is 6.30. The van der Waals surface area contributed by atoms with Crippen molar-refractivity contribution in [2.24, 2.45) is 0 Å². The van der Waals surface area contributed by atoms with E-state index in [0.29, 0.717) is 26.5 Å². The molecule has 4 aromatic rings. The van der Waals surface area contributed by atoms with Crippen molar-refractivity contribution in [3.05, 3.63) is 104 Å². The van der Waals surface area contributed by atoms with E-state index in [1.54, 1.807) is 36.4 Å². The van der Waals surface area contributed by atoms with Crippen LogP contribution in [0.3, 0.4) is 0 Å². The van der Waals surface area contributed by atoms with Crippen molar-refractivity contribution in [1.29, 1.82) is 0 Å². The Labute approximate surface area is 235 Å². The molecule has 1 N–H and O–H groups in total. The first-order chi connectivity index (χ1) is 17.9. The van der Waals surface area contributed by atoms with Crippen LogP contribution in [0.2, 0.25) is 20.1 Å². The number of anilines is 2. The Kier molecular flexibility index (Phi) is 7.98. The van der Waals surface area contributed by atoms with Gasteiger partial charge in [0.2, 0.25) is 0 Å². The molecule has 1 fully saturated rings. The largest absolute Gasteiger partial charge is 0.451 e. The summed E-state index contributed by atoms with van der Waals surface area (Å²) in [6.07, 6.45) is 0. The van der Waals surface area contributed by atoms with Crippen molar-refractivity contribution in [1.82, 2.24) is 4.90 Å². The molecule has 1 amide bonds. The number of rotatable bonds is 6. The van der Waals surface area contributed by atoms with Crippen LogP contribution in [0.4, 0.5) is 11.4 Å². The van der Waals surface area contributed by atoms with Gasteiger partial charge in [0, 0.05) is 49.0 Å². The van der Waals surface area contributed by atoms with Crippen LogP contribution in [0.25, 0.3) is 11.3 Å². The molecule has 3 aromatic carbocycles. The average molecular weight is 575 g/mol. The highest BCUT2D eigenvalue weighted by molar-refractivity contribution is 6.42. The number of amides is 1. The lowest BCUT2D eigenvalue weighted by Gasteiger charge is -2.36. The first kappa shape index (κ1) is 26.0. The van der Waals surface area contributed by atoms with Gasteiger partial charge in [-0.3, -0.25) is 9.69 Å². The van der Waals surface area contributed by atoms with Crippen LogP contribution in [-0.2, 0) is 6.54 Å². The van der Waals surface area contributed by atoms with Gasteiger partial charge in [-0.1, -0.05) is 64.6 Å². The summed E-state index contributed by atoms with van der Waals surface area (Å²) in [6, 6.07) is 22.0. The molecule has 37 heavy (non-hydrogen) atoms. The van der Waals surface area contributed by atoms with Gasteiger partial charge >= 0.3 is 0 Å². The number of furan rings is 1. The van der Waals surface area contributed by atoms with Gasteiger partial charge in [0.15, 0.2) is 5.76 Å². The predicted octanol–water partition coefficient (Wildman–Crippen LogP) is 8.13. The summed E-state index contributed by atoms with van der Waals surface area (Å²) in [5.41, 5.74) is 3.39. The van der Waals surface area contributed by atoms with E-state index in [1.807, 2.05) is 30.3 Å². The van der Waals surface area contributed by atoms with E-state index in [4.69, 9.17) is 50.8 Å². The van der Waals surface area contributed by atoms with Gasteiger partial charge in [-0.15, -0.1) is 0 Å². The topological polar surface area (TPSA) is 48.7 Å². The monoisotopic (exact) mass is 573 g/mol. The first-order valence-electron chi connectivity index (χ1n) is 11.7. The molecule has 5 rings (SSSR count). The highest BCUT2D eigenvalue weighted by atomic mass is 35.5. The Morgan fingerprint density at radius 1 is 0.784 bits per heavy atom. The zero-order chi connectivity index (χ0) is 25.9. The SMILES string of the molecule is O=C(Nc1ccc(N2CCN(Cc3ccccc3Cl)CC2)c(Cl)c1)c1ccc(-c2ccc(Cl)c(Cl)c2)o1. The van der Waals surface area contributed by atoms with Crippen LogP contribution in [0.1, 0.15) is 16.1 Å². The van der Waals surface area contributed by atoms with Gasteiger partial charge in [-0.2, -0.15) is 0 Å². The van der Waals surface area contributed by atoms with Gasteiger partial charge < -0.3 is 14.6 Å². The second-order valence-corrected chi connectivity index (χ2v) is 10.4. The summed E-state index contributed by atoms with van der Waals surface area (Å²) in [6.45, 7) is 4.32. The quantitative estimate of drug-likeness (QED) is 0.252. The molecule has 190 valence electrons. The van der Waals surface area contributed by atoms with Crippen LogP contribution < -0.4 is 10.2 Å². The molecule has 0 atom stereocenters.